The van der Waals surface area contributed by atoms with E-state index in [9.17, 15) is 5.11 Å². The maximum atomic E-state index is 9.27. The number of oxazole rings is 1. The summed E-state index contributed by atoms with van der Waals surface area (Å²) in [5.41, 5.74) is 1.68. The molecular weight excluding hydrogens is 248 g/mol. The Kier molecular flexibility index (Phi) is 4.63. The van der Waals surface area contributed by atoms with Crippen molar-refractivity contribution >= 4 is 22.9 Å². The Bertz CT molecular complexity index is 465. The molecule has 1 unspecified atom stereocenters. The minimum Gasteiger partial charge on any atom is -0.431 e. The van der Waals surface area contributed by atoms with E-state index in [2.05, 4.69) is 24.1 Å². The van der Waals surface area contributed by atoms with Gasteiger partial charge in [-0.25, -0.2) is 4.98 Å². The lowest BCUT2D eigenvalue weighted by molar-refractivity contribution is 0.247. The summed E-state index contributed by atoms with van der Waals surface area (Å²) in [5.74, 6) is 0.738. The largest absolute Gasteiger partial charge is 0.431 e. The summed E-state index contributed by atoms with van der Waals surface area (Å²) in [4.78, 5) is 4.39. The maximum Gasteiger partial charge on any atom is 0.256 e. The number of thioether (sulfide) groups is 1. The third-order valence-electron chi connectivity index (χ3n) is 2.47. The fraction of sp³-hybridized carbons (Fsp3) is 0.462. The Morgan fingerprint density at radius 1 is 1.39 bits per heavy atom. The molecule has 0 aliphatic heterocycles. The first-order chi connectivity index (χ1) is 8.69. The normalized spacial score (nSPS) is 13.3. The van der Waals surface area contributed by atoms with Crippen molar-refractivity contribution < 1.29 is 9.52 Å². The SMILES string of the molecule is CC(C)NC(CO)CSc1nc2ccccc2o1. The van der Waals surface area contributed by atoms with E-state index < -0.39 is 0 Å². The molecule has 1 heterocycles. The van der Waals surface area contributed by atoms with Gasteiger partial charge in [-0.2, -0.15) is 0 Å². The first-order valence-corrected chi connectivity index (χ1v) is 7.03. The van der Waals surface area contributed by atoms with Gasteiger partial charge in [0.1, 0.15) is 5.52 Å². The van der Waals surface area contributed by atoms with Gasteiger partial charge in [-0.15, -0.1) is 0 Å². The second-order valence-corrected chi connectivity index (χ2v) is 5.43. The summed E-state index contributed by atoms with van der Waals surface area (Å²) in [5, 5.41) is 13.2. The molecular formula is C13H18N2O2S. The Hall–Kier alpha value is -1.04. The van der Waals surface area contributed by atoms with Crippen LogP contribution in [0.3, 0.4) is 0 Å². The zero-order chi connectivity index (χ0) is 13.0. The molecule has 0 saturated carbocycles. The Morgan fingerprint density at radius 2 is 2.17 bits per heavy atom. The van der Waals surface area contributed by atoms with Crippen LogP contribution in [-0.4, -0.2) is 34.5 Å². The molecule has 1 aromatic heterocycles. The Labute approximate surface area is 111 Å². The number of aliphatic hydroxyl groups excluding tert-OH is 1. The quantitative estimate of drug-likeness (QED) is 0.786. The van der Waals surface area contributed by atoms with Crippen molar-refractivity contribution in [3.05, 3.63) is 24.3 Å². The van der Waals surface area contributed by atoms with E-state index in [-0.39, 0.29) is 12.6 Å². The van der Waals surface area contributed by atoms with Crippen LogP contribution in [-0.2, 0) is 0 Å². The number of nitrogens with one attached hydrogen (secondary N) is 1. The third-order valence-corrected chi connectivity index (χ3v) is 3.46. The molecule has 1 aromatic carbocycles. The molecule has 4 nitrogen and oxygen atoms in total. The number of hydrogen-bond acceptors (Lipinski definition) is 5. The van der Waals surface area contributed by atoms with E-state index in [0.29, 0.717) is 11.3 Å². The van der Waals surface area contributed by atoms with E-state index in [4.69, 9.17) is 4.42 Å². The molecule has 0 radical (unpaired) electrons. The van der Waals surface area contributed by atoms with Crippen LogP contribution in [0.2, 0.25) is 0 Å². The van der Waals surface area contributed by atoms with Gasteiger partial charge < -0.3 is 14.8 Å². The lowest BCUT2D eigenvalue weighted by Crippen LogP contribution is -2.39. The number of rotatable bonds is 6. The highest BCUT2D eigenvalue weighted by atomic mass is 32.2. The predicted octanol–water partition coefficient (Wildman–Crippen LogP) is 2.28. The van der Waals surface area contributed by atoms with E-state index in [1.54, 1.807) is 0 Å². The summed E-state index contributed by atoms with van der Waals surface area (Å²) in [7, 11) is 0. The first kappa shape index (κ1) is 13.4. The smallest absolute Gasteiger partial charge is 0.256 e. The summed E-state index contributed by atoms with van der Waals surface area (Å²) in [6.45, 7) is 4.24. The van der Waals surface area contributed by atoms with Crippen LogP contribution in [0.5, 0.6) is 0 Å². The van der Waals surface area contributed by atoms with Crippen LogP contribution in [0.15, 0.2) is 33.9 Å². The first-order valence-electron chi connectivity index (χ1n) is 6.04. The molecule has 0 spiro atoms. The second kappa shape index (κ2) is 6.22. The summed E-state index contributed by atoms with van der Waals surface area (Å²) >= 11 is 1.52. The highest BCUT2D eigenvalue weighted by Gasteiger charge is 2.12. The van der Waals surface area contributed by atoms with Gasteiger partial charge in [0.25, 0.3) is 5.22 Å². The van der Waals surface area contributed by atoms with Gasteiger partial charge in [-0.05, 0) is 12.1 Å². The molecule has 0 saturated heterocycles. The number of para-hydroxylation sites is 2. The van der Waals surface area contributed by atoms with Gasteiger partial charge in [0.05, 0.1) is 6.61 Å². The maximum absolute atomic E-state index is 9.27. The molecule has 0 aliphatic rings. The van der Waals surface area contributed by atoms with Gasteiger partial charge >= 0.3 is 0 Å². The van der Waals surface area contributed by atoms with Gasteiger partial charge in [0.2, 0.25) is 0 Å². The fourth-order valence-corrected chi connectivity index (χ4v) is 2.57. The van der Waals surface area contributed by atoms with Crippen molar-refractivity contribution in [1.29, 1.82) is 0 Å². The van der Waals surface area contributed by atoms with Crippen molar-refractivity contribution in [2.24, 2.45) is 0 Å². The molecule has 0 fully saturated rings. The highest BCUT2D eigenvalue weighted by Crippen LogP contribution is 2.23. The van der Waals surface area contributed by atoms with Gasteiger partial charge in [0.15, 0.2) is 5.58 Å². The average molecular weight is 266 g/mol. The van der Waals surface area contributed by atoms with Crippen molar-refractivity contribution in [3.8, 4) is 0 Å². The molecule has 0 aliphatic carbocycles. The number of aliphatic hydroxyl groups is 1. The number of fused-ring (bicyclic) bond motifs is 1. The van der Waals surface area contributed by atoms with Crippen molar-refractivity contribution in [1.82, 2.24) is 10.3 Å². The molecule has 2 rings (SSSR count). The third kappa shape index (κ3) is 3.48. The molecule has 1 atom stereocenters. The van der Waals surface area contributed by atoms with Crippen LogP contribution >= 0.6 is 11.8 Å². The highest BCUT2D eigenvalue weighted by molar-refractivity contribution is 7.99. The molecule has 18 heavy (non-hydrogen) atoms. The zero-order valence-electron chi connectivity index (χ0n) is 10.6. The summed E-state index contributed by atoms with van der Waals surface area (Å²) < 4.78 is 5.61. The minimum atomic E-state index is 0.0602. The molecule has 0 amide bonds. The standard InChI is InChI=1S/C13H18N2O2S/c1-9(2)14-10(7-16)8-18-13-15-11-5-3-4-6-12(11)17-13/h3-6,9-10,14,16H,7-8H2,1-2H3. The van der Waals surface area contributed by atoms with E-state index in [1.165, 1.54) is 11.8 Å². The van der Waals surface area contributed by atoms with Crippen molar-refractivity contribution in [2.75, 3.05) is 12.4 Å². The van der Waals surface area contributed by atoms with Crippen molar-refractivity contribution in [3.63, 3.8) is 0 Å². The number of hydrogen-bond donors (Lipinski definition) is 2. The predicted molar refractivity (Wildman–Crippen MR) is 73.9 cm³/mol. The van der Waals surface area contributed by atoms with Gasteiger partial charge in [-0.3, -0.25) is 0 Å². The monoisotopic (exact) mass is 266 g/mol. The zero-order valence-corrected chi connectivity index (χ0v) is 11.4. The molecule has 98 valence electrons. The van der Waals surface area contributed by atoms with Crippen LogP contribution in [0.4, 0.5) is 0 Å². The van der Waals surface area contributed by atoms with Gasteiger partial charge in [-0.1, -0.05) is 37.7 Å². The van der Waals surface area contributed by atoms with E-state index in [1.807, 2.05) is 24.3 Å². The Morgan fingerprint density at radius 3 is 2.83 bits per heavy atom. The van der Waals surface area contributed by atoms with E-state index in [0.717, 1.165) is 16.9 Å². The summed E-state index contributed by atoms with van der Waals surface area (Å²) in [6.07, 6.45) is 0. The second-order valence-electron chi connectivity index (χ2n) is 4.46. The molecule has 5 heteroatoms. The van der Waals surface area contributed by atoms with E-state index >= 15 is 0 Å². The van der Waals surface area contributed by atoms with Crippen molar-refractivity contribution in [2.45, 2.75) is 31.2 Å². The lowest BCUT2D eigenvalue weighted by atomic mass is 10.3. The number of benzene rings is 1. The van der Waals surface area contributed by atoms with Gasteiger partial charge in [0, 0.05) is 17.8 Å². The molecule has 2 aromatic rings. The minimum absolute atomic E-state index is 0.0602. The average Bonchev–Trinajstić information content (AvgIpc) is 2.76. The lowest BCUT2D eigenvalue weighted by Gasteiger charge is -2.17. The van der Waals surface area contributed by atoms with Crippen LogP contribution in [0.25, 0.3) is 11.1 Å². The number of aromatic nitrogens is 1. The number of nitrogens with zero attached hydrogens (tertiary/aromatic N) is 1. The van der Waals surface area contributed by atoms with Crippen LogP contribution in [0.1, 0.15) is 13.8 Å². The van der Waals surface area contributed by atoms with Crippen LogP contribution in [0, 0.1) is 0 Å². The molecule has 2 N–H and O–H groups in total. The fourth-order valence-electron chi connectivity index (χ4n) is 1.71. The van der Waals surface area contributed by atoms with Crippen LogP contribution < -0.4 is 5.32 Å². The topological polar surface area (TPSA) is 58.3 Å². The molecule has 0 bridgehead atoms. The summed E-state index contributed by atoms with van der Waals surface area (Å²) in [6, 6.07) is 8.12. The Balaban J connectivity index is 1.96.